The third kappa shape index (κ3) is 2.53. The summed E-state index contributed by atoms with van der Waals surface area (Å²) in [6.07, 6.45) is 9.24. The lowest BCUT2D eigenvalue weighted by Gasteiger charge is -2.12. The normalized spacial score (nSPS) is 14.0. The second kappa shape index (κ2) is 5.42. The van der Waals surface area contributed by atoms with Gasteiger partial charge in [-0.2, -0.15) is 0 Å². The van der Waals surface area contributed by atoms with Crippen LogP contribution in [0.2, 0.25) is 0 Å². The van der Waals surface area contributed by atoms with Gasteiger partial charge in [0, 0.05) is 17.7 Å². The molecule has 0 radical (unpaired) electrons. The minimum atomic E-state index is -0.374. The lowest BCUT2D eigenvalue weighted by molar-refractivity contribution is 0.296. The minimum Gasteiger partial charge on any atom is -0.422 e. The van der Waals surface area contributed by atoms with E-state index in [9.17, 15) is 10.0 Å². The molecule has 106 valence electrons. The van der Waals surface area contributed by atoms with Crippen molar-refractivity contribution in [1.29, 1.82) is 0 Å². The summed E-state index contributed by atoms with van der Waals surface area (Å²) in [5.41, 5.74) is 2.01. The SMILES string of the molecule is C=CN(O)c1ccc2cc(C3=CCCC=C3)c(=O)oc2c1. The van der Waals surface area contributed by atoms with Crippen LogP contribution in [0.3, 0.4) is 0 Å². The first-order chi connectivity index (χ1) is 10.2. The van der Waals surface area contributed by atoms with Crippen LogP contribution in [-0.2, 0) is 0 Å². The topological polar surface area (TPSA) is 53.7 Å². The van der Waals surface area contributed by atoms with Crippen molar-refractivity contribution in [3.63, 3.8) is 0 Å². The van der Waals surface area contributed by atoms with Crippen LogP contribution in [0.5, 0.6) is 0 Å². The zero-order valence-corrected chi connectivity index (χ0v) is 11.5. The Labute approximate surface area is 121 Å². The molecule has 2 aromatic rings. The first-order valence-corrected chi connectivity index (χ1v) is 6.74. The van der Waals surface area contributed by atoms with Gasteiger partial charge in [0.05, 0.1) is 11.3 Å². The van der Waals surface area contributed by atoms with Gasteiger partial charge < -0.3 is 4.42 Å². The summed E-state index contributed by atoms with van der Waals surface area (Å²) in [5, 5.41) is 11.3. The fourth-order valence-corrected chi connectivity index (χ4v) is 2.36. The molecule has 0 fully saturated rings. The first kappa shape index (κ1) is 13.4. The molecular formula is C17H15NO3. The average molecular weight is 281 g/mol. The van der Waals surface area contributed by atoms with Crippen LogP contribution in [0.25, 0.3) is 16.5 Å². The predicted molar refractivity (Wildman–Crippen MR) is 83.3 cm³/mol. The summed E-state index contributed by atoms with van der Waals surface area (Å²) in [4.78, 5) is 12.1. The number of hydrogen-bond donors (Lipinski definition) is 1. The highest BCUT2D eigenvalue weighted by Crippen LogP contribution is 2.25. The van der Waals surface area contributed by atoms with Crippen molar-refractivity contribution in [3.05, 3.63) is 71.3 Å². The van der Waals surface area contributed by atoms with Gasteiger partial charge in [0.15, 0.2) is 0 Å². The van der Waals surface area contributed by atoms with Crippen LogP contribution in [0.1, 0.15) is 18.4 Å². The average Bonchev–Trinajstić information content (AvgIpc) is 2.53. The maximum Gasteiger partial charge on any atom is 0.344 e. The molecular weight excluding hydrogens is 266 g/mol. The maximum atomic E-state index is 12.1. The largest absolute Gasteiger partial charge is 0.422 e. The van der Waals surface area contributed by atoms with E-state index >= 15 is 0 Å². The molecule has 1 aliphatic carbocycles. The van der Waals surface area contributed by atoms with Gasteiger partial charge in [-0.1, -0.05) is 24.8 Å². The molecule has 1 aromatic heterocycles. The highest BCUT2D eigenvalue weighted by Gasteiger charge is 2.11. The van der Waals surface area contributed by atoms with Crippen LogP contribution in [0.15, 0.2) is 64.5 Å². The molecule has 0 amide bonds. The smallest absolute Gasteiger partial charge is 0.344 e. The second-order valence-electron chi connectivity index (χ2n) is 4.84. The minimum absolute atomic E-state index is 0.374. The van der Waals surface area contributed by atoms with E-state index in [0.29, 0.717) is 16.8 Å². The number of benzene rings is 1. The van der Waals surface area contributed by atoms with Gasteiger partial charge in [-0.25, -0.2) is 9.86 Å². The van der Waals surface area contributed by atoms with E-state index in [1.54, 1.807) is 18.2 Å². The van der Waals surface area contributed by atoms with Crippen molar-refractivity contribution < 1.29 is 9.62 Å². The van der Waals surface area contributed by atoms with Gasteiger partial charge in [-0.15, -0.1) is 0 Å². The van der Waals surface area contributed by atoms with Crippen molar-refractivity contribution in [2.45, 2.75) is 12.8 Å². The monoisotopic (exact) mass is 281 g/mol. The summed E-state index contributed by atoms with van der Waals surface area (Å²) >= 11 is 0. The van der Waals surface area contributed by atoms with E-state index in [-0.39, 0.29) is 5.63 Å². The van der Waals surface area contributed by atoms with Crippen molar-refractivity contribution in [2.24, 2.45) is 0 Å². The van der Waals surface area contributed by atoms with Crippen LogP contribution in [-0.4, -0.2) is 5.21 Å². The Morgan fingerprint density at radius 2 is 2.14 bits per heavy atom. The molecule has 0 aliphatic heterocycles. The Kier molecular flexibility index (Phi) is 3.46. The molecule has 1 aliphatic rings. The number of anilines is 1. The lowest BCUT2D eigenvalue weighted by atomic mass is 10.00. The fourth-order valence-electron chi connectivity index (χ4n) is 2.36. The standard InChI is InChI=1S/C17H15NO3/c1-2-18(20)14-9-8-13-10-15(12-6-4-3-5-7-12)17(19)21-16(13)11-14/h2,4,6-11,20H,1,3,5H2. The Morgan fingerprint density at radius 3 is 2.86 bits per heavy atom. The molecule has 0 spiro atoms. The molecule has 0 atom stereocenters. The van der Waals surface area contributed by atoms with Crippen molar-refractivity contribution >= 4 is 22.2 Å². The number of nitrogens with zero attached hydrogens (tertiary/aromatic N) is 1. The summed E-state index contributed by atoms with van der Waals surface area (Å²) in [7, 11) is 0. The third-order valence-electron chi connectivity index (χ3n) is 3.46. The van der Waals surface area contributed by atoms with Crippen LogP contribution in [0, 0.1) is 0 Å². The summed E-state index contributed by atoms with van der Waals surface area (Å²) in [5.74, 6) is 0. The second-order valence-corrected chi connectivity index (χ2v) is 4.84. The third-order valence-corrected chi connectivity index (χ3v) is 3.46. The van der Waals surface area contributed by atoms with E-state index in [1.165, 1.54) is 6.20 Å². The number of fused-ring (bicyclic) bond motifs is 1. The Hall–Kier alpha value is -2.59. The number of hydroxylamine groups is 1. The van der Waals surface area contributed by atoms with E-state index in [4.69, 9.17) is 4.42 Å². The van der Waals surface area contributed by atoms with Crippen LogP contribution in [0.4, 0.5) is 5.69 Å². The highest BCUT2D eigenvalue weighted by atomic mass is 16.5. The molecule has 4 nitrogen and oxygen atoms in total. The quantitative estimate of drug-likeness (QED) is 0.685. The predicted octanol–water partition coefficient (Wildman–Crippen LogP) is 3.87. The molecule has 21 heavy (non-hydrogen) atoms. The lowest BCUT2D eigenvalue weighted by Crippen LogP contribution is -2.09. The Bertz CT molecular complexity index is 814. The summed E-state index contributed by atoms with van der Waals surface area (Å²) in [6, 6.07) is 6.96. The molecule has 0 saturated carbocycles. The van der Waals surface area contributed by atoms with Crippen molar-refractivity contribution in [3.8, 4) is 0 Å². The van der Waals surface area contributed by atoms with Crippen LogP contribution < -0.4 is 10.7 Å². The number of allylic oxidation sites excluding steroid dienone is 4. The first-order valence-electron chi connectivity index (χ1n) is 6.74. The molecule has 0 bridgehead atoms. The van der Waals surface area contributed by atoms with Gasteiger partial charge >= 0.3 is 5.63 Å². The molecule has 4 heteroatoms. The van der Waals surface area contributed by atoms with E-state index < -0.39 is 0 Å². The fraction of sp³-hybridized carbons (Fsp3) is 0.118. The zero-order valence-electron chi connectivity index (χ0n) is 11.5. The highest BCUT2D eigenvalue weighted by molar-refractivity contribution is 5.85. The van der Waals surface area contributed by atoms with E-state index in [0.717, 1.165) is 28.9 Å². The van der Waals surface area contributed by atoms with Gasteiger partial charge in [-0.3, -0.25) is 5.21 Å². The molecule has 0 unspecified atom stereocenters. The van der Waals surface area contributed by atoms with Gasteiger partial charge in [0.2, 0.25) is 0 Å². The van der Waals surface area contributed by atoms with Gasteiger partial charge in [0.1, 0.15) is 5.58 Å². The summed E-state index contributed by atoms with van der Waals surface area (Å²) in [6.45, 7) is 3.48. The number of rotatable bonds is 3. The molecule has 1 heterocycles. The van der Waals surface area contributed by atoms with Crippen molar-refractivity contribution in [1.82, 2.24) is 0 Å². The molecule has 1 N–H and O–H groups in total. The zero-order chi connectivity index (χ0) is 14.8. The van der Waals surface area contributed by atoms with Crippen molar-refractivity contribution in [2.75, 3.05) is 5.06 Å². The summed E-state index contributed by atoms with van der Waals surface area (Å²) < 4.78 is 5.38. The van der Waals surface area contributed by atoms with Crippen LogP contribution >= 0.6 is 0 Å². The van der Waals surface area contributed by atoms with Gasteiger partial charge in [0.25, 0.3) is 0 Å². The van der Waals surface area contributed by atoms with E-state index in [1.807, 2.05) is 18.2 Å². The number of hydrogen-bond acceptors (Lipinski definition) is 4. The molecule has 1 aromatic carbocycles. The Morgan fingerprint density at radius 1 is 1.29 bits per heavy atom. The Balaban J connectivity index is 2.13. The molecule has 0 saturated heterocycles. The molecule has 3 rings (SSSR count). The van der Waals surface area contributed by atoms with Gasteiger partial charge in [-0.05, 0) is 36.6 Å². The van der Waals surface area contributed by atoms with E-state index in [2.05, 4.69) is 12.7 Å². The maximum absolute atomic E-state index is 12.1.